The van der Waals surface area contributed by atoms with E-state index in [9.17, 15) is 4.79 Å². The van der Waals surface area contributed by atoms with Crippen LogP contribution in [0.4, 0.5) is 0 Å². The van der Waals surface area contributed by atoms with E-state index in [1.807, 2.05) is 6.07 Å². The number of aliphatic imine (C=N–C) groups is 1. The van der Waals surface area contributed by atoms with Gasteiger partial charge in [-0.05, 0) is 25.7 Å². The number of likely N-dealkylation sites (tertiary alicyclic amines) is 1. The summed E-state index contributed by atoms with van der Waals surface area (Å²) in [6.07, 6.45) is 3.82. The van der Waals surface area contributed by atoms with Crippen LogP contribution in [0, 0.1) is 0 Å². The molecule has 26 heavy (non-hydrogen) atoms. The fraction of sp³-hybridized carbons (Fsp3) is 0.722. The number of piperidine rings is 1. The predicted octanol–water partition coefficient (Wildman–Crippen LogP) is 0.893. The van der Waals surface area contributed by atoms with E-state index in [1.165, 1.54) is 0 Å². The second kappa shape index (κ2) is 10.8. The van der Waals surface area contributed by atoms with Gasteiger partial charge in [-0.25, -0.2) is 0 Å². The first-order valence-corrected chi connectivity index (χ1v) is 9.55. The first kappa shape index (κ1) is 20.2. The van der Waals surface area contributed by atoms with Crippen molar-refractivity contribution in [3.05, 3.63) is 17.5 Å². The first-order valence-electron chi connectivity index (χ1n) is 9.55. The average Bonchev–Trinajstić information content (AvgIpc) is 3.13. The summed E-state index contributed by atoms with van der Waals surface area (Å²) in [5.41, 5.74) is 0.958. The number of carbonyl (C=O) groups excluding carboxylic acids is 1. The van der Waals surface area contributed by atoms with Crippen LogP contribution >= 0.6 is 0 Å². The van der Waals surface area contributed by atoms with Crippen molar-refractivity contribution in [3.63, 3.8) is 0 Å². The molecule has 0 bridgehead atoms. The summed E-state index contributed by atoms with van der Waals surface area (Å²) in [6.45, 7) is 7.74. The lowest BCUT2D eigenvalue weighted by atomic mass is 10.1. The smallest absolute Gasteiger partial charge is 0.234 e. The van der Waals surface area contributed by atoms with Crippen LogP contribution < -0.4 is 16.0 Å². The second-order valence-corrected chi connectivity index (χ2v) is 6.61. The molecule has 1 saturated heterocycles. The van der Waals surface area contributed by atoms with Gasteiger partial charge in [0.05, 0.1) is 18.8 Å². The normalized spacial score (nSPS) is 16.5. The van der Waals surface area contributed by atoms with Gasteiger partial charge >= 0.3 is 0 Å². The number of carbonyl (C=O) groups is 1. The SMILES string of the molecule is CCCNC(=O)CN1CCC(NC(=NC)NCc2cc(CC)no2)CC1. The minimum Gasteiger partial charge on any atom is -0.359 e. The van der Waals surface area contributed by atoms with E-state index in [2.05, 4.69) is 44.8 Å². The van der Waals surface area contributed by atoms with Crippen LogP contribution in [0.15, 0.2) is 15.6 Å². The third-order valence-electron chi connectivity index (χ3n) is 4.49. The maximum Gasteiger partial charge on any atom is 0.234 e. The minimum absolute atomic E-state index is 0.120. The molecule has 0 atom stereocenters. The van der Waals surface area contributed by atoms with E-state index >= 15 is 0 Å². The highest BCUT2D eigenvalue weighted by Crippen LogP contribution is 2.10. The topological polar surface area (TPSA) is 94.8 Å². The lowest BCUT2D eigenvalue weighted by Gasteiger charge is -2.32. The van der Waals surface area contributed by atoms with Crippen LogP contribution in [-0.4, -0.2) is 61.2 Å². The number of nitrogens with zero attached hydrogens (tertiary/aromatic N) is 3. The number of hydrogen-bond acceptors (Lipinski definition) is 5. The van der Waals surface area contributed by atoms with Gasteiger partial charge in [-0.3, -0.25) is 14.7 Å². The Morgan fingerprint density at radius 3 is 2.73 bits per heavy atom. The minimum atomic E-state index is 0.120. The molecule has 1 aromatic heterocycles. The van der Waals surface area contributed by atoms with Gasteiger partial charge in [0.2, 0.25) is 5.91 Å². The largest absolute Gasteiger partial charge is 0.359 e. The highest BCUT2D eigenvalue weighted by atomic mass is 16.5. The number of guanidine groups is 1. The summed E-state index contributed by atoms with van der Waals surface area (Å²) in [5, 5.41) is 13.6. The summed E-state index contributed by atoms with van der Waals surface area (Å²) < 4.78 is 5.28. The summed E-state index contributed by atoms with van der Waals surface area (Å²) in [6, 6.07) is 2.32. The second-order valence-electron chi connectivity index (χ2n) is 6.61. The van der Waals surface area contributed by atoms with Gasteiger partial charge in [0.15, 0.2) is 11.7 Å². The number of amides is 1. The Bertz CT molecular complexity index is 578. The Hall–Kier alpha value is -2.09. The van der Waals surface area contributed by atoms with Crippen LogP contribution in [0.1, 0.15) is 44.6 Å². The van der Waals surface area contributed by atoms with Crippen molar-refractivity contribution in [2.45, 2.75) is 52.1 Å². The molecule has 8 heteroatoms. The van der Waals surface area contributed by atoms with E-state index in [0.29, 0.717) is 19.1 Å². The predicted molar refractivity (Wildman–Crippen MR) is 102 cm³/mol. The summed E-state index contributed by atoms with van der Waals surface area (Å²) in [7, 11) is 1.76. The molecule has 0 spiro atoms. The van der Waals surface area contributed by atoms with Crippen LogP contribution in [0.25, 0.3) is 0 Å². The molecule has 1 aliphatic rings. The zero-order valence-corrected chi connectivity index (χ0v) is 16.2. The lowest BCUT2D eigenvalue weighted by molar-refractivity contribution is -0.122. The van der Waals surface area contributed by atoms with E-state index in [-0.39, 0.29) is 5.91 Å². The van der Waals surface area contributed by atoms with Gasteiger partial charge in [-0.15, -0.1) is 0 Å². The Morgan fingerprint density at radius 1 is 1.35 bits per heavy atom. The van der Waals surface area contributed by atoms with Gasteiger partial charge in [0.25, 0.3) is 0 Å². The molecular weight excluding hydrogens is 332 g/mol. The van der Waals surface area contributed by atoms with Gasteiger partial charge in [-0.1, -0.05) is 19.0 Å². The summed E-state index contributed by atoms with van der Waals surface area (Å²) >= 11 is 0. The fourth-order valence-electron chi connectivity index (χ4n) is 2.92. The number of aryl methyl sites for hydroxylation is 1. The zero-order valence-electron chi connectivity index (χ0n) is 16.2. The van der Waals surface area contributed by atoms with Crippen molar-refractivity contribution in [2.24, 2.45) is 4.99 Å². The van der Waals surface area contributed by atoms with E-state index < -0.39 is 0 Å². The molecule has 0 aliphatic carbocycles. The summed E-state index contributed by atoms with van der Waals surface area (Å²) in [5.74, 6) is 1.69. The van der Waals surface area contributed by atoms with Crippen molar-refractivity contribution in [2.75, 3.05) is 33.2 Å². The van der Waals surface area contributed by atoms with Crippen molar-refractivity contribution in [1.82, 2.24) is 26.0 Å². The molecule has 1 amide bonds. The Kier molecular flexibility index (Phi) is 8.40. The van der Waals surface area contributed by atoms with Crippen molar-refractivity contribution in [3.8, 4) is 0 Å². The van der Waals surface area contributed by atoms with Gasteiger partial charge in [0, 0.05) is 38.8 Å². The molecular formula is C18H32N6O2. The molecule has 1 aromatic rings. The molecule has 0 unspecified atom stereocenters. The summed E-state index contributed by atoms with van der Waals surface area (Å²) in [4.78, 5) is 18.3. The number of aromatic nitrogens is 1. The highest BCUT2D eigenvalue weighted by Gasteiger charge is 2.21. The third-order valence-corrected chi connectivity index (χ3v) is 4.49. The van der Waals surface area contributed by atoms with Gasteiger partial charge in [-0.2, -0.15) is 0 Å². The zero-order chi connectivity index (χ0) is 18.8. The van der Waals surface area contributed by atoms with Crippen LogP contribution in [0.2, 0.25) is 0 Å². The molecule has 2 rings (SSSR count). The average molecular weight is 364 g/mol. The number of hydrogen-bond donors (Lipinski definition) is 3. The lowest BCUT2D eigenvalue weighted by Crippen LogP contribution is -2.50. The van der Waals surface area contributed by atoms with Gasteiger partial charge < -0.3 is 20.5 Å². The van der Waals surface area contributed by atoms with E-state index in [0.717, 1.165) is 62.7 Å². The van der Waals surface area contributed by atoms with E-state index in [4.69, 9.17) is 4.52 Å². The number of nitrogens with one attached hydrogen (secondary N) is 3. The van der Waals surface area contributed by atoms with E-state index in [1.54, 1.807) is 7.05 Å². The van der Waals surface area contributed by atoms with Crippen LogP contribution in [0.5, 0.6) is 0 Å². The first-order chi connectivity index (χ1) is 12.6. The highest BCUT2D eigenvalue weighted by molar-refractivity contribution is 5.80. The van der Waals surface area contributed by atoms with Crippen LogP contribution in [0.3, 0.4) is 0 Å². The fourth-order valence-corrected chi connectivity index (χ4v) is 2.92. The molecule has 1 aliphatic heterocycles. The molecule has 146 valence electrons. The standard InChI is InChI=1S/C18H32N6O2/c1-4-8-20-17(25)13-24-9-6-15(7-10-24)22-18(19-3)21-12-16-11-14(5-2)23-26-16/h11,15H,4-10,12-13H2,1-3H3,(H,20,25)(H2,19,21,22). The Morgan fingerprint density at radius 2 is 2.12 bits per heavy atom. The molecule has 2 heterocycles. The number of rotatable bonds is 8. The molecule has 1 fully saturated rings. The molecule has 0 saturated carbocycles. The van der Waals surface area contributed by atoms with Crippen molar-refractivity contribution < 1.29 is 9.32 Å². The maximum atomic E-state index is 11.8. The van der Waals surface area contributed by atoms with Crippen molar-refractivity contribution in [1.29, 1.82) is 0 Å². The molecule has 0 aromatic carbocycles. The third kappa shape index (κ3) is 6.67. The van der Waals surface area contributed by atoms with Crippen molar-refractivity contribution >= 4 is 11.9 Å². The Labute approximate surface area is 155 Å². The molecule has 3 N–H and O–H groups in total. The monoisotopic (exact) mass is 364 g/mol. The van der Waals surface area contributed by atoms with Gasteiger partial charge in [0.1, 0.15) is 0 Å². The molecule has 8 nitrogen and oxygen atoms in total. The molecule has 0 radical (unpaired) electrons. The quantitative estimate of drug-likeness (QED) is 0.468. The van der Waals surface area contributed by atoms with Crippen LogP contribution in [-0.2, 0) is 17.8 Å². The Balaban J connectivity index is 1.68. The maximum absolute atomic E-state index is 11.8.